The normalized spacial score (nSPS) is 17.9. The van der Waals surface area contributed by atoms with E-state index in [-0.39, 0.29) is 11.2 Å². The molecule has 0 aliphatic carbocycles. The molecule has 1 aromatic carbocycles. The molecule has 112 valence electrons. The van der Waals surface area contributed by atoms with Crippen LogP contribution in [-0.4, -0.2) is 39.9 Å². The van der Waals surface area contributed by atoms with Gasteiger partial charge in [-0.3, -0.25) is 0 Å². The third-order valence-corrected chi connectivity index (χ3v) is 4.20. The Balaban J connectivity index is 2.14. The summed E-state index contributed by atoms with van der Waals surface area (Å²) in [6.45, 7) is 6.74. The van der Waals surface area contributed by atoms with Gasteiger partial charge in [0.25, 0.3) is 0 Å². The first kappa shape index (κ1) is 15.3. The van der Waals surface area contributed by atoms with Gasteiger partial charge in [0.2, 0.25) is 0 Å². The lowest BCUT2D eigenvalue weighted by Gasteiger charge is -2.41. The average Bonchev–Trinajstić information content (AvgIpc) is 2.46. The number of nitrogens with zero attached hydrogens (tertiary/aromatic N) is 1. The summed E-state index contributed by atoms with van der Waals surface area (Å²) in [7, 11) is 1.77. The third-order valence-electron chi connectivity index (χ3n) is 4.20. The van der Waals surface area contributed by atoms with Gasteiger partial charge >= 0.3 is 0 Å². The summed E-state index contributed by atoms with van der Waals surface area (Å²) in [6, 6.07) is 6.87. The lowest BCUT2D eigenvalue weighted by molar-refractivity contribution is 0.0589. The van der Waals surface area contributed by atoms with Crippen molar-refractivity contribution in [1.29, 1.82) is 0 Å². The van der Waals surface area contributed by atoms with E-state index in [0.29, 0.717) is 0 Å². The van der Waals surface area contributed by atoms with Crippen molar-refractivity contribution in [1.82, 2.24) is 5.32 Å². The number of hydrogen-bond acceptors (Lipinski definition) is 3. The van der Waals surface area contributed by atoms with Crippen LogP contribution in [0, 0.1) is 11.2 Å². The van der Waals surface area contributed by atoms with E-state index in [2.05, 4.69) is 17.1 Å². The molecular weight excluding hydrogens is 255 g/mol. The molecule has 1 heterocycles. The molecule has 1 aromatic rings. The Labute approximate surface area is 121 Å². The van der Waals surface area contributed by atoms with Crippen molar-refractivity contribution in [3.63, 3.8) is 0 Å². The Morgan fingerprint density at radius 2 is 2.10 bits per heavy atom. The Bertz CT molecular complexity index is 413. The average molecular weight is 280 g/mol. The Hall–Kier alpha value is -1.13. The largest absolute Gasteiger partial charge is 0.384 e. The first-order valence-corrected chi connectivity index (χ1v) is 7.39. The third kappa shape index (κ3) is 3.70. The fourth-order valence-electron chi connectivity index (χ4n) is 3.07. The summed E-state index contributed by atoms with van der Waals surface area (Å²) in [5.74, 6) is -0.174. The molecule has 0 spiro atoms. The van der Waals surface area contributed by atoms with Gasteiger partial charge in [-0.15, -0.1) is 0 Å². The molecule has 1 saturated heterocycles. The summed E-state index contributed by atoms with van der Waals surface area (Å²) in [5, 5.41) is 3.40. The number of halogens is 1. The number of methoxy groups -OCH3 is 1. The summed E-state index contributed by atoms with van der Waals surface area (Å²) >= 11 is 0. The lowest BCUT2D eigenvalue weighted by atomic mass is 9.79. The van der Waals surface area contributed by atoms with Gasteiger partial charge in [0, 0.05) is 31.3 Å². The van der Waals surface area contributed by atoms with E-state index in [4.69, 9.17) is 4.74 Å². The second-order valence-corrected chi connectivity index (χ2v) is 5.68. The van der Waals surface area contributed by atoms with E-state index in [1.54, 1.807) is 19.2 Å². The maximum Gasteiger partial charge on any atom is 0.125 e. The number of piperidine rings is 1. The molecule has 2 rings (SSSR count). The van der Waals surface area contributed by atoms with Crippen molar-refractivity contribution >= 4 is 5.69 Å². The van der Waals surface area contributed by atoms with E-state index in [0.717, 1.165) is 51.3 Å². The second kappa shape index (κ2) is 7.04. The second-order valence-electron chi connectivity index (χ2n) is 5.68. The van der Waals surface area contributed by atoms with Crippen LogP contribution in [0.5, 0.6) is 0 Å². The molecule has 0 bridgehead atoms. The first-order chi connectivity index (χ1) is 9.69. The predicted octanol–water partition coefficient (Wildman–Crippen LogP) is 2.67. The highest BCUT2D eigenvalue weighted by Gasteiger charge is 2.34. The molecule has 0 amide bonds. The van der Waals surface area contributed by atoms with Gasteiger partial charge in [0.15, 0.2) is 0 Å². The SMILES string of the molecule is CCN(CC1(COC)CCNCC1)c1cccc(F)c1. The molecule has 0 radical (unpaired) electrons. The smallest absolute Gasteiger partial charge is 0.125 e. The Morgan fingerprint density at radius 1 is 1.35 bits per heavy atom. The molecule has 0 saturated carbocycles. The molecule has 0 unspecified atom stereocenters. The standard InChI is InChI=1S/C16H25FN2O/c1-3-19(15-6-4-5-14(17)11-15)12-16(13-20-2)7-9-18-10-8-16/h4-6,11,18H,3,7-10,12-13H2,1-2H3. The molecule has 0 atom stereocenters. The molecule has 0 aromatic heterocycles. The molecule has 1 N–H and O–H groups in total. The minimum atomic E-state index is -0.174. The van der Waals surface area contributed by atoms with Gasteiger partial charge in [-0.1, -0.05) is 6.07 Å². The molecule has 1 aliphatic rings. The van der Waals surface area contributed by atoms with Gasteiger partial charge in [0.1, 0.15) is 5.82 Å². The number of anilines is 1. The van der Waals surface area contributed by atoms with Gasteiger partial charge in [-0.2, -0.15) is 0 Å². The topological polar surface area (TPSA) is 24.5 Å². The fourth-order valence-corrected chi connectivity index (χ4v) is 3.07. The van der Waals surface area contributed by atoms with Crippen molar-refractivity contribution in [2.24, 2.45) is 5.41 Å². The summed E-state index contributed by atoms with van der Waals surface area (Å²) in [6.07, 6.45) is 2.21. The van der Waals surface area contributed by atoms with Crippen LogP contribution in [-0.2, 0) is 4.74 Å². The van der Waals surface area contributed by atoms with E-state index in [1.807, 2.05) is 6.07 Å². The summed E-state index contributed by atoms with van der Waals surface area (Å²) < 4.78 is 18.9. The molecular formula is C16H25FN2O. The highest BCUT2D eigenvalue weighted by atomic mass is 19.1. The summed E-state index contributed by atoms with van der Waals surface area (Å²) in [5.41, 5.74) is 1.13. The molecule has 3 nitrogen and oxygen atoms in total. The number of benzene rings is 1. The molecule has 1 aliphatic heterocycles. The van der Waals surface area contributed by atoms with Crippen LogP contribution in [0.2, 0.25) is 0 Å². The monoisotopic (exact) mass is 280 g/mol. The lowest BCUT2D eigenvalue weighted by Crippen LogP contribution is -2.47. The van der Waals surface area contributed by atoms with Crippen molar-refractivity contribution in [2.45, 2.75) is 19.8 Å². The molecule has 4 heteroatoms. The first-order valence-electron chi connectivity index (χ1n) is 7.39. The highest BCUT2D eigenvalue weighted by Crippen LogP contribution is 2.32. The fraction of sp³-hybridized carbons (Fsp3) is 0.625. The molecule has 1 fully saturated rings. The summed E-state index contributed by atoms with van der Waals surface area (Å²) in [4.78, 5) is 2.26. The van der Waals surface area contributed by atoms with Crippen molar-refractivity contribution in [3.8, 4) is 0 Å². The zero-order valence-electron chi connectivity index (χ0n) is 12.5. The maximum absolute atomic E-state index is 13.4. The van der Waals surface area contributed by atoms with Crippen LogP contribution < -0.4 is 10.2 Å². The van der Waals surface area contributed by atoms with Crippen molar-refractivity contribution in [2.75, 3.05) is 44.8 Å². The van der Waals surface area contributed by atoms with E-state index in [1.165, 1.54) is 6.07 Å². The number of hydrogen-bond donors (Lipinski definition) is 1. The van der Waals surface area contributed by atoms with Crippen LogP contribution in [0.3, 0.4) is 0 Å². The Morgan fingerprint density at radius 3 is 2.70 bits per heavy atom. The maximum atomic E-state index is 13.4. The van der Waals surface area contributed by atoms with Crippen LogP contribution in [0.1, 0.15) is 19.8 Å². The number of rotatable bonds is 6. The predicted molar refractivity (Wildman–Crippen MR) is 80.7 cm³/mol. The van der Waals surface area contributed by atoms with Gasteiger partial charge in [-0.05, 0) is 51.1 Å². The molecule has 20 heavy (non-hydrogen) atoms. The van der Waals surface area contributed by atoms with Gasteiger partial charge in [-0.25, -0.2) is 4.39 Å². The van der Waals surface area contributed by atoms with Gasteiger partial charge in [0.05, 0.1) is 6.61 Å². The number of nitrogens with one attached hydrogen (secondary N) is 1. The minimum Gasteiger partial charge on any atom is -0.384 e. The van der Waals surface area contributed by atoms with E-state index < -0.39 is 0 Å². The zero-order chi connectivity index (χ0) is 14.4. The van der Waals surface area contributed by atoms with Crippen LogP contribution in [0.15, 0.2) is 24.3 Å². The van der Waals surface area contributed by atoms with E-state index >= 15 is 0 Å². The Kier molecular flexibility index (Phi) is 5.38. The van der Waals surface area contributed by atoms with Gasteiger partial charge < -0.3 is 15.0 Å². The van der Waals surface area contributed by atoms with Crippen molar-refractivity contribution < 1.29 is 9.13 Å². The van der Waals surface area contributed by atoms with Crippen LogP contribution in [0.25, 0.3) is 0 Å². The quantitative estimate of drug-likeness (QED) is 0.867. The van der Waals surface area contributed by atoms with Crippen LogP contribution in [0.4, 0.5) is 10.1 Å². The van der Waals surface area contributed by atoms with E-state index in [9.17, 15) is 4.39 Å². The minimum absolute atomic E-state index is 0.169. The van der Waals surface area contributed by atoms with Crippen molar-refractivity contribution in [3.05, 3.63) is 30.1 Å². The zero-order valence-corrected chi connectivity index (χ0v) is 12.5. The number of ether oxygens (including phenoxy) is 1. The highest BCUT2D eigenvalue weighted by molar-refractivity contribution is 5.46. The van der Waals surface area contributed by atoms with Crippen LogP contribution >= 0.6 is 0 Å².